The van der Waals surface area contributed by atoms with Gasteiger partial charge in [0.05, 0.1) is 27.6 Å². The molecule has 2 aliphatic rings. The summed E-state index contributed by atoms with van der Waals surface area (Å²) in [5, 5.41) is 15.1. The van der Waals surface area contributed by atoms with Gasteiger partial charge in [-0.15, -0.1) is 0 Å². The van der Waals surface area contributed by atoms with Crippen molar-refractivity contribution in [3.63, 3.8) is 0 Å². The molecule has 1 N–H and O–H groups in total. The molecule has 2 atom stereocenters. The Morgan fingerprint density at radius 2 is 1.94 bits per heavy atom. The summed E-state index contributed by atoms with van der Waals surface area (Å²) in [5.41, 5.74) is 3.73. The van der Waals surface area contributed by atoms with Gasteiger partial charge in [0.15, 0.2) is 0 Å². The fourth-order valence-corrected chi connectivity index (χ4v) is 5.40. The molecule has 8 nitrogen and oxygen atoms in total. The number of carbonyl (C=O) groups is 1. The fraction of sp³-hybridized carbons (Fsp3) is 0.308. The zero-order chi connectivity index (χ0) is 24.4. The van der Waals surface area contributed by atoms with Gasteiger partial charge >= 0.3 is 0 Å². The number of para-hydroxylation sites is 1. The number of nitrogens with zero attached hydrogens (tertiary/aromatic N) is 4. The molecule has 0 bridgehead atoms. The number of aromatic nitrogens is 1. The first kappa shape index (κ1) is 23.1. The maximum Gasteiger partial charge on any atom is 0.269 e. The first-order valence-corrected chi connectivity index (χ1v) is 12.1. The molecule has 0 spiro atoms. The number of amides is 1. The van der Waals surface area contributed by atoms with Crippen LogP contribution in [0.4, 0.5) is 17.1 Å². The number of pyridine rings is 1. The number of benzene rings is 2. The van der Waals surface area contributed by atoms with Crippen LogP contribution in [0.2, 0.25) is 5.02 Å². The van der Waals surface area contributed by atoms with Gasteiger partial charge in [0.25, 0.3) is 5.69 Å². The summed E-state index contributed by atoms with van der Waals surface area (Å²) in [7, 11) is 0. The Kier molecular flexibility index (Phi) is 6.55. The second-order valence-corrected chi connectivity index (χ2v) is 9.31. The third-order valence-corrected chi connectivity index (χ3v) is 7.16. The summed E-state index contributed by atoms with van der Waals surface area (Å²) < 4.78 is 0. The SMILES string of the molecule is O=C(NCCc1ccccn1)[C@H]1Cc2cc([N+](=O)[O-])ccc2N2CCN(c3ccccc3Cl)C[C@H]12. The lowest BCUT2D eigenvalue weighted by Gasteiger charge is -2.49. The van der Waals surface area contributed by atoms with E-state index in [2.05, 4.69) is 20.1 Å². The largest absolute Gasteiger partial charge is 0.366 e. The topological polar surface area (TPSA) is 91.6 Å². The zero-order valence-electron chi connectivity index (χ0n) is 19.1. The molecule has 0 saturated carbocycles. The van der Waals surface area contributed by atoms with Gasteiger partial charge in [-0.3, -0.25) is 19.9 Å². The van der Waals surface area contributed by atoms with Crippen molar-refractivity contribution in [2.24, 2.45) is 5.92 Å². The highest BCUT2D eigenvalue weighted by atomic mass is 35.5. The first-order valence-electron chi connectivity index (χ1n) is 11.7. The number of fused-ring (bicyclic) bond motifs is 3. The lowest BCUT2D eigenvalue weighted by atomic mass is 9.83. The number of non-ortho nitro benzene ring substituents is 1. The summed E-state index contributed by atoms with van der Waals surface area (Å²) in [6.07, 6.45) is 2.83. The Bertz CT molecular complexity index is 1240. The van der Waals surface area contributed by atoms with E-state index >= 15 is 0 Å². The van der Waals surface area contributed by atoms with Crippen molar-refractivity contribution in [3.05, 3.63) is 93.3 Å². The van der Waals surface area contributed by atoms with Crippen LogP contribution in [0.3, 0.4) is 0 Å². The van der Waals surface area contributed by atoms with Crippen LogP contribution in [0.1, 0.15) is 11.3 Å². The van der Waals surface area contributed by atoms with Crippen LogP contribution in [0.15, 0.2) is 66.9 Å². The number of halogens is 1. The molecule has 35 heavy (non-hydrogen) atoms. The fourth-order valence-electron chi connectivity index (χ4n) is 5.14. The summed E-state index contributed by atoms with van der Waals surface area (Å²) >= 11 is 6.48. The van der Waals surface area contributed by atoms with Gasteiger partial charge < -0.3 is 15.1 Å². The molecule has 1 fully saturated rings. The second kappa shape index (κ2) is 9.92. The number of hydrogen-bond acceptors (Lipinski definition) is 6. The van der Waals surface area contributed by atoms with Gasteiger partial charge in [0, 0.05) is 62.3 Å². The van der Waals surface area contributed by atoms with Crippen LogP contribution in [-0.2, 0) is 17.6 Å². The van der Waals surface area contributed by atoms with Gasteiger partial charge in [0.1, 0.15) is 0 Å². The van der Waals surface area contributed by atoms with Crippen molar-refractivity contribution < 1.29 is 9.72 Å². The number of carbonyl (C=O) groups excluding carboxylic acids is 1. The van der Waals surface area contributed by atoms with Gasteiger partial charge in [-0.2, -0.15) is 0 Å². The van der Waals surface area contributed by atoms with Crippen LogP contribution < -0.4 is 15.1 Å². The van der Waals surface area contributed by atoms with Gasteiger partial charge in [0.2, 0.25) is 5.91 Å². The third-order valence-electron chi connectivity index (χ3n) is 6.84. The van der Waals surface area contributed by atoms with E-state index in [4.69, 9.17) is 11.6 Å². The molecule has 1 amide bonds. The smallest absolute Gasteiger partial charge is 0.269 e. The van der Waals surface area contributed by atoms with E-state index in [1.54, 1.807) is 18.3 Å². The highest BCUT2D eigenvalue weighted by molar-refractivity contribution is 6.33. The Hall–Kier alpha value is -3.65. The Balaban J connectivity index is 1.40. The molecule has 9 heteroatoms. The highest BCUT2D eigenvalue weighted by Crippen LogP contribution is 2.39. The average molecular weight is 492 g/mol. The van der Waals surface area contributed by atoms with Crippen molar-refractivity contribution in [2.75, 3.05) is 36.0 Å². The molecule has 0 unspecified atom stereocenters. The standard InChI is InChI=1S/C26H26ClN5O3/c27-22-6-1-2-7-24(22)30-13-14-31-23-9-8-20(32(34)35)15-18(23)16-21(25(31)17-30)26(33)29-12-10-19-5-3-4-11-28-19/h1-9,11,15,21,25H,10,12-14,16-17H2,(H,29,33)/t21-,25+/m0/s1. The summed E-state index contributed by atoms with van der Waals surface area (Å²) in [6, 6.07) is 18.4. The van der Waals surface area contributed by atoms with E-state index in [0.717, 1.165) is 29.2 Å². The minimum atomic E-state index is -0.385. The number of piperazine rings is 1. The number of nitrogens with one attached hydrogen (secondary N) is 1. The third kappa shape index (κ3) is 4.79. The van der Waals surface area contributed by atoms with Crippen LogP contribution in [-0.4, -0.2) is 48.0 Å². The molecule has 3 aromatic rings. The van der Waals surface area contributed by atoms with E-state index in [1.165, 1.54) is 0 Å². The lowest BCUT2D eigenvalue weighted by molar-refractivity contribution is -0.384. The summed E-state index contributed by atoms with van der Waals surface area (Å²) in [6.45, 7) is 2.55. The zero-order valence-corrected chi connectivity index (χ0v) is 19.9. The quantitative estimate of drug-likeness (QED) is 0.416. The van der Waals surface area contributed by atoms with Crippen LogP contribution >= 0.6 is 11.6 Å². The monoisotopic (exact) mass is 491 g/mol. The number of anilines is 2. The molecule has 2 aromatic carbocycles. The van der Waals surface area contributed by atoms with Crippen LogP contribution in [0.25, 0.3) is 0 Å². The first-order chi connectivity index (χ1) is 17.0. The normalized spacial score (nSPS) is 19.0. The van der Waals surface area contributed by atoms with Crippen molar-refractivity contribution in [1.29, 1.82) is 0 Å². The number of nitro benzene ring substituents is 1. The van der Waals surface area contributed by atoms with Crippen molar-refractivity contribution in [2.45, 2.75) is 18.9 Å². The minimum absolute atomic E-state index is 0.0471. The Morgan fingerprint density at radius 1 is 1.11 bits per heavy atom. The summed E-state index contributed by atoms with van der Waals surface area (Å²) in [5.74, 6) is -0.396. The van der Waals surface area contributed by atoms with Crippen LogP contribution in [0, 0.1) is 16.0 Å². The lowest BCUT2D eigenvalue weighted by Crippen LogP contribution is -2.61. The molecule has 2 aliphatic heterocycles. The minimum Gasteiger partial charge on any atom is -0.366 e. The average Bonchev–Trinajstić information content (AvgIpc) is 2.88. The van der Waals surface area contributed by atoms with Gasteiger partial charge in [-0.05, 0) is 42.3 Å². The van der Waals surface area contributed by atoms with E-state index in [-0.39, 0.29) is 28.5 Å². The maximum atomic E-state index is 13.4. The highest BCUT2D eigenvalue weighted by Gasteiger charge is 2.42. The van der Waals surface area contributed by atoms with Crippen LogP contribution in [0.5, 0.6) is 0 Å². The molecule has 3 heterocycles. The number of hydrogen-bond donors (Lipinski definition) is 1. The molecule has 180 valence electrons. The van der Waals surface area contributed by atoms with E-state index < -0.39 is 0 Å². The van der Waals surface area contributed by atoms with Crippen molar-refractivity contribution in [1.82, 2.24) is 10.3 Å². The summed E-state index contributed by atoms with van der Waals surface area (Å²) in [4.78, 5) is 33.2. The predicted molar refractivity (Wildman–Crippen MR) is 136 cm³/mol. The molecule has 5 rings (SSSR count). The Morgan fingerprint density at radius 3 is 2.71 bits per heavy atom. The Labute approximate surface area is 208 Å². The molecule has 0 radical (unpaired) electrons. The van der Waals surface area contributed by atoms with Crippen molar-refractivity contribution >= 4 is 34.6 Å². The molecule has 0 aliphatic carbocycles. The molecule has 1 aromatic heterocycles. The van der Waals surface area contributed by atoms with E-state index in [1.807, 2.05) is 48.5 Å². The molecule has 1 saturated heterocycles. The van der Waals surface area contributed by atoms with Crippen molar-refractivity contribution in [3.8, 4) is 0 Å². The van der Waals surface area contributed by atoms with E-state index in [0.29, 0.717) is 37.5 Å². The van der Waals surface area contributed by atoms with Gasteiger partial charge in [-0.1, -0.05) is 29.8 Å². The van der Waals surface area contributed by atoms with Gasteiger partial charge in [-0.25, -0.2) is 0 Å². The maximum absolute atomic E-state index is 13.4. The number of rotatable bonds is 6. The molecular weight excluding hydrogens is 466 g/mol. The molecular formula is C26H26ClN5O3. The second-order valence-electron chi connectivity index (χ2n) is 8.90. The predicted octanol–water partition coefficient (Wildman–Crippen LogP) is 3.87. The van der Waals surface area contributed by atoms with E-state index in [9.17, 15) is 14.9 Å². The number of nitro groups is 1.